The van der Waals surface area contributed by atoms with Crippen LogP contribution in [0.2, 0.25) is 0 Å². The summed E-state index contributed by atoms with van der Waals surface area (Å²) in [4.78, 5) is 19.7. The fourth-order valence-electron chi connectivity index (χ4n) is 2.98. The average Bonchev–Trinajstić information content (AvgIpc) is 2.81. The summed E-state index contributed by atoms with van der Waals surface area (Å²) in [7, 11) is -12.2. The quantitative estimate of drug-likeness (QED) is 0.195. The molecule has 0 aromatic carbocycles. The molecule has 1 aliphatic rings. The minimum absolute atomic E-state index is 0. The number of amides is 1. The molecule has 251 valence electrons. The van der Waals surface area contributed by atoms with Crippen LogP contribution in [-0.2, 0) is 42.1 Å². The largest absolute Gasteiger partial charge is 2.00 e. The van der Waals surface area contributed by atoms with Gasteiger partial charge in [-0.1, -0.05) is 20.8 Å². The third kappa shape index (κ3) is 20.0. The Morgan fingerprint density at radius 2 is 1.00 bits per heavy atom. The third-order valence-electron chi connectivity index (χ3n) is 5.50. The third-order valence-corrected chi connectivity index (χ3v) is 6.64. The molecule has 41 heavy (non-hydrogen) atoms. The van der Waals surface area contributed by atoms with Crippen LogP contribution in [0.5, 0.6) is 0 Å². The molecule has 1 aliphatic heterocycles. The summed E-state index contributed by atoms with van der Waals surface area (Å²) in [5, 5.41) is 3.08. The van der Waals surface area contributed by atoms with Gasteiger partial charge in [-0.3, -0.25) is 19.5 Å². The van der Waals surface area contributed by atoms with Gasteiger partial charge in [0.05, 0.1) is 0 Å². The average molecular weight is 702 g/mol. The molecule has 1 radical (unpaired) electrons. The summed E-state index contributed by atoms with van der Waals surface area (Å²) < 4.78 is 118. The molecule has 0 aromatic heterocycles. The van der Waals surface area contributed by atoms with Crippen LogP contribution >= 0.6 is 0 Å². The molecule has 0 atom stereocenters. The topological polar surface area (TPSA) is 153 Å². The molecule has 0 unspecified atom stereocenters. The van der Waals surface area contributed by atoms with Crippen LogP contribution in [0, 0.1) is 5.41 Å². The minimum Gasteiger partial charge on any atom is -0.741 e. The Bertz CT molecular complexity index is 912. The van der Waals surface area contributed by atoms with Gasteiger partial charge in [0.25, 0.3) is 0 Å². The second-order valence-electron chi connectivity index (χ2n) is 10.4. The fourth-order valence-corrected chi connectivity index (χ4v) is 2.98. The molecular weight excluding hydrogens is 662 g/mol. The zero-order valence-corrected chi connectivity index (χ0v) is 26.5. The number of hydrogen-bond acceptors (Lipinski definition) is 10. The van der Waals surface area contributed by atoms with Gasteiger partial charge in [-0.2, -0.15) is 26.3 Å². The molecule has 1 fully saturated rings. The summed E-state index contributed by atoms with van der Waals surface area (Å²) in [6, 6.07) is 1.17. The molecule has 0 saturated carbocycles. The molecule has 1 saturated heterocycles. The number of rotatable bonds is 5. The number of halogens is 6. The van der Waals surface area contributed by atoms with Gasteiger partial charge in [0, 0.05) is 69.9 Å². The normalized spacial score (nSPS) is 17.2. The van der Waals surface area contributed by atoms with Crippen molar-refractivity contribution in [1.29, 1.82) is 0 Å². The summed E-state index contributed by atoms with van der Waals surface area (Å²) in [5.74, 6) is 0.138. The van der Waals surface area contributed by atoms with E-state index in [0.717, 1.165) is 52.4 Å². The van der Waals surface area contributed by atoms with Crippen molar-refractivity contribution < 1.29 is 74.1 Å². The molecule has 1 heterocycles. The van der Waals surface area contributed by atoms with Crippen molar-refractivity contribution in [3.05, 3.63) is 0 Å². The maximum absolute atomic E-state index is 12.0. The van der Waals surface area contributed by atoms with E-state index in [-0.39, 0.29) is 28.4 Å². The van der Waals surface area contributed by atoms with Gasteiger partial charge in [-0.25, -0.2) is 16.8 Å². The van der Waals surface area contributed by atoms with E-state index < -0.39 is 31.3 Å². The summed E-state index contributed by atoms with van der Waals surface area (Å²) in [6.45, 7) is 23.3. The maximum atomic E-state index is 12.0. The Hall–Kier alpha value is -0.731. The molecule has 1 amide bonds. The van der Waals surface area contributed by atoms with Crippen molar-refractivity contribution in [3.8, 4) is 0 Å². The van der Waals surface area contributed by atoms with Gasteiger partial charge in [0.1, 0.15) is 0 Å². The van der Waals surface area contributed by atoms with Gasteiger partial charge < -0.3 is 14.4 Å². The van der Waals surface area contributed by atoms with E-state index in [4.69, 9.17) is 25.9 Å². The van der Waals surface area contributed by atoms with E-state index in [0.29, 0.717) is 12.1 Å². The van der Waals surface area contributed by atoms with Crippen LogP contribution in [0.3, 0.4) is 0 Å². The van der Waals surface area contributed by atoms with Crippen LogP contribution < -0.4 is 5.32 Å². The predicted octanol–water partition coefficient (Wildman–Crippen LogP) is 1.99. The Morgan fingerprint density at radius 1 is 0.732 bits per heavy atom. The van der Waals surface area contributed by atoms with Crippen molar-refractivity contribution in [2.45, 2.75) is 71.6 Å². The first-order valence-corrected chi connectivity index (χ1v) is 15.0. The maximum Gasteiger partial charge on any atom is 2.00 e. The van der Waals surface area contributed by atoms with Crippen molar-refractivity contribution >= 4 is 26.1 Å². The number of carbonyl (C=O) groups is 1. The molecule has 0 bridgehead atoms. The zero-order chi connectivity index (χ0) is 32.3. The summed E-state index contributed by atoms with van der Waals surface area (Å²) in [5.41, 5.74) is -11.6. The minimum atomic E-state index is -6.09. The van der Waals surface area contributed by atoms with Crippen molar-refractivity contribution in [2.75, 3.05) is 52.4 Å². The van der Waals surface area contributed by atoms with E-state index in [2.05, 4.69) is 47.7 Å². The number of alkyl halides is 6. The Balaban J connectivity index is -0.000000698. The van der Waals surface area contributed by atoms with Gasteiger partial charge >= 0.3 is 28.1 Å². The number of nitrogens with zero attached hydrogens (tertiary/aromatic N) is 3. The molecule has 1 N–H and O–H groups in total. The monoisotopic (exact) mass is 701 g/mol. The van der Waals surface area contributed by atoms with Crippen LogP contribution in [0.15, 0.2) is 0 Å². The predicted molar refractivity (Wildman–Crippen MR) is 134 cm³/mol. The van der Waals surface area contributed by atoms with Crippen molar-refractivity contribution in [3.63, 3.8) is 0 Å². The Labute approximate surface area is 249 Å². The van der Waals surface area contributed by atoms with Crippen molar-refractivity contribution in [1.82, 2.24) is 20.0 Å². The van der Waals surface area contributed by atoms with Crippen LogP contribution in [0.25, 0.3) is 0 Å². The van der Waals surface area contributed by atoms with Crippen LogP contribution in [0.1, 0.15) is 48.5 Å². The van der Waals surface area contributed by atoms with Crippen LogP contribution in [0.4, 0.5) is 26.3 Å². The number of carbonyl (C=O) groups excluding carboxylic acids is 1. The first kappa shape index (κ1) is 44.7. The Morgan fingerprint density at radius 3 is 1.22 bits per heavy atom. The molecule has 0 aromatic rings. The van der Waals surface area contributed by atoms with Crippen molar-refractivity contribution in [2.24, 2.45) is 5.41 Å². The Kier molecular flexibility index (Phi) is 19.8. The summed E-state index contributed by atoms with van der Waals surface area (Å²) >= 11 is 0. The first-order valence-electron chi connectivity index (χ1n) is 12.1. The standard InChI is InChI=1S/C19H40N4O.2CHF3O3S.Cu/c1-16(2)22-12-10-21(9-8-20-18(24)19(5,6)7)11-13-23(15-14-22)17(3)4;2*2-1(3,4)8(5,6)7;/h16-17H,8-15H2,1-7H3,(H,20,24);2*(H,5,6,7);/q;;;+2/p-2. The van der Waals surface area contributed by atoms with E-state index in [1.807, 2.05) is 20.8 Å². The molecule has 1 rings (SSSR count). The second kappa shape index (κ2) is 18.2. The van der Waals surface area contributed by atoms with E-state index in [9.17, 15) is 31.1 Å². The van der Waals surface area contributed by atoms with Gasteiger partial charge in [-0.15, -0.1) is 0 Å². The fraction of sp³-hybridized carbons (Fsp3) is 0.952. The van der Waals surface area contributed by atoms with E-state index in [1.54, 1.807) is 0 Å². The van der Waals surface area contributed by atoms with E-state index in [1.165, 1.54) is 0 Å². The van der Waals surface area contributed by atoms with E-state index >= 15 is 0 Å². The first-order chi connectivity index (χ1) is 17.6. The molecule has 11 nitrogen and oxygen atoms in total. The molecule has 20 heteroatoms. The molecule has 0 aliphatic carbocycles. The van der Waals surface area contributed by atoms with Gasteiger partial charge in [-0.05, 0) is 27.7 Å². The second-order valence-corrected chi connectivity index (χ2v) is 13.1. The smallest absolute Gasteiger partial charge is 0.741 e. The summed E-state index contributed by atoms with van der Waals surface area (Å²) in [6.07, 6.45) is 0. The van der Waals surface area contributed by atoms with Crippen LogP contribution in [-0.4, -0.2) is 122 Å². The molecular formula is C21H40CuF6N4O7S2. The van der Waals surface area contributed by atoms with Gasteiger partial charge in [0.2, 0.25) is 5.91 Å². The molecule has 0 spiro atoms. The number of nitrogens with one attached hydrogen (secondary N) is 1. The van der Waals surface area contributed by atoms with Gasteiger partial charge in [0.15, 0.2) is 20.2 Å². The zero-order valence-electron chi connectivity index (χ0n) is 23.9. The number of hydrogen-bond donors (Lipinski definition) is 1. The SMILES string of the molecule is CC(C)N1CCN(CCNC(=O)C(C)(C)C)CCN(C(C)C)CC1.O=S(=O)([O-])C(F)(F)F.O=S(=O)([O-])C(F)(F)F.[Cu+2].